The molecule has 0 amide bonds. The highest BCUT2D eigenvalue weighted by atomic mass is 15.3. The van der Waals surface area contributed by atoms with Gasteiger partial charge in [-0.05, 0) is 0 Å². The molecule has 56 valence electrons. The Kier molecular flexibility index (Phi) is 2.07. The van der Waals surface area contributed by atoms with Crippen LogP contribution in [0.5, 0.6) is 0 Å². The molecule has 0 unspecified atom stereocenters. The van der Waals surface area contributed by atoms with Gasteiger partial charge in [0.05, 0.1) is 6.07 Å². The van der Waals surface area contributed by atoms with Crippen molar-refractivity contribution in [3.8, 4) is 18.2 Å². The van der Waals surface area contributed by atoms with Crippen LogP contribution in [0.15, 0.2) is 6.20 Å². The van der Waals surface area contributed by atoms with Crippen LogP contribution in [0.1, 0.15) is 11.3 Å². The first-order valence-electron chi connectivity index (χ1n) is 3.06. The van der Waals surface area contributed by atoms with Crippen molar-refractivity contribution in [2.24, 2.45) is 0 Å². The maximum absolute atomic E-state index is 8.49. The van der Waals surface area contributed by atoms with E-state index in [0.29, 0.717) is 0 Å². The third-order valence-corrected chi connectivity index (χ3v) is 1.22. The van der Waals surface area contributed by atoms with Gasteiger partial charge in [-0.15, -0.1) is 0 Å². The highest BCUT2D eigenvalue weighted by Crippen LogP contribution is 2.02. The summed E-state index contributed by atoms with van der Waals surface area (Å²) in [5, 5.41) is 29.0. The smallest absolute Gasteiger partial charge is 0.180 e. The number of aromatic nitrogens is 2. The largest absolute Gasteiger partial charge is 0.256 e. The van der Waals surface area contributed by atoms with Crippen LogP contribution in [-0.2, 0) is 6.54 Å². The quantitative estimate of drug-likeness (QED) is 0.580. The van der Waals surface area contributed by atoms with E-state index < -0.39 is 0 Å². The van der Waals surface area contributed by atoms with Crippen molar-refractivity contribution < 1.29 is 0 Å². The fraction of sp³-hybridized carbons (Fsp3) is 0.143. The summed E-state index contributed by atoms with van der Waals surface area (Å²) < 4.78 is 1.26. The lowest BCUT2D eigenvalue weighted by Crippen LogP contribution is -1.95. The second-order valence-electron chi connectivity index (χ2n) is 1.97. The van der Waals surface area contributed by atoms with Crippen molar-refractivity contribution in [1.82, 2.24) is 9.78 Å². The van der Waals surface area contributed by atoms with Crippen LogP contribution >= 0.6 is 0 Å². The van der Waals surface area contributed by atoms with Crippen LogP contribution in [0.4, 0.5) is 0 Å². The molecular weight excluding hydrogens is 154 g/mol. The molecule has 0 aliphatic heterocycles. The van der Waals surface area contributed by atoms with Gasteiger partial charge < -0.3 is 0 Å². The molecule has 0 aliphatic rings. The monoisotopic (exact) mass is 157 g/mol. The zero-order valence-electron chi connectivity index (χ0n) is 6.02. The molecule has 0 saturated heterocycles. The standard InChI is InChI=1S/C7H3N5/c8-1-2-12-5-6(3-9)7(4-10)11-12/h5H,2H2. The molecule has 1 rings (SSSR count). The van der Waals surface area contributed by atoms with E-state index in [0.717, 1.165) is 0 Å². The Bertz CT molecular complexity index is 377. The van der Waals surface area contributed by atoms with E-state index in [1.165, 1.54) is 10.9 Å². The summed E-state index contributed by atoms with van der Waals surface area (Å²) in [6, 6.07) is 5.43. The van der Waals surface area contributed by atoms with Gasteiger partial charge in [0.2, 0.25) is 0 Å². The van der Waals surface area contributed by atoms with E-state index in [4.69, 9.17) is 15.8 Å². The molecule has 0 saturated carbocycles. The van der Waals surface area contributed by atoms with Crippen LogP contribution < -0.4 is 0 Å². The highest BCUT2D eigenvalue weighted by molar-refractivity contribution is 5.38. The van der Waals surface area contributed by atoms with Crippen LogP contribution in [0.2, 0.25) is 0 Å². The summed E-state index contributed by atoms with van der Waals surface area (Å²) in [4.78, 5) is 0. The van der Waals surface area contributed by atoms with Crippen LogP contribution in [0, 0.1) is 34.0 Å². The Morgan fingerprint density at radius 3 is 2.50 bits per heavy atom. The molecule has 0 aromatic carbocycles. The zero-order chi connectivity index (χ0) is 8.97. The average molecular weight is 157 g/mol. The topological polar surface area (TPSA) is 89.2 Å². The van der Waals surface area contributed by atoms with Gasteiger partial charge in [0.1, 0.15) is 24.2 Å². The van der Waals surface area contributed by atoms with E-state index in [1.54, 1.807) is 6.07 Å². The maximum Gasteiger partial charge on any atom is 0.180 e. The normalized spacial score (nSPS) is 8.08. The van der Waals surface area contributed by atoms with Gasteiger partial charge in [-0.25, -0.2) is 0 Å². The summed E-state index contributed by atoms with van der Waals surface area (Å²) in [6.45, 7) is 0.0519. The number of nitrogens with zero attached hydrogens (tertiary/aromatic N) is 5. The van der Waals surface area contributed by atoms with E-state index >= 15 is 0 Å². The third kappa shape index (κ3) is 1.23. The summed E-state index contributed by atoms with van der Waals surface area (Å²) in [5.74, 6) is 0. The highest BCUT2D eigenvalue weighted by Gasteiger charge is 2.06. The van der Waals surface area contributed by atoms with Crippen molar-refractivity contribution in [3.63, 3.8) is 0 Å². The van der Waals surface area contributed by atoms with E-state index in [-0.39, 0.29) is 17.8 Å². The molecule has 0 spiro atoms. The summed E-state index contributed by atoms with van der Waals surface area (Å²) >= 11 is 0. The lowest BCUT2D eigenvalue weighted by atomic mass is 10.3. The number of rotatable bonds is 1. The molecule has 0 bridgehead atoms. The lowest BCUT2D eigenvalue weighted by Gasteiger charge is -1.86. The lowest BCUT2D eigenvalue weighted by molar-refractivity contribution is 0.706. The van der Waals surface area contributed by atoms with Gasteiger partial charge in [0.25, 0.3) is 0 Å². The molecule has 5 heteroatoms. The average Bonchev–Trinajstić information content (AvgIpc) is 2.48. The molecule has 12 heavy (non-hydrogen) atoms. The first-order chi connectivity index (χ1) is 5.81. The molecule has 0 aliphatic carbocycles. The van der Waals surface area contributed by atoms with Crippen LogP contribution in [0.3, 0.4) is 0 Å². The van der Waals surface area contributed by atoms with Crippen molar-refractivity contribution >= 4 is 0 Å². The number of hydrogen-bond donors (Lipinski definition) is 0. The number of hydrogen-bond acceptors (Lipinski definition) is 4. The van der Waals surface area contributed by atoms with Gasteiger partial charge in [-0.3, -0.25) is 4.68 Å². The van der Waals surface area contributed by atoms with Crippen LogP contribution in [-0.4, -0.2) is 9.78 Å². The zero-order valence-corrected chi connectivity index (χ0v) is 6.02. The molecule has 0 atom stereocenters. The van der Waals surface area contributed by atoms with Crippen molar-refractivity contribution in [1.29, 1.82) is 15.8 Å². The molecule has 5 nitrogen and oxygen atoms in total. The summed E-state index contributed by atoms with van der Waals surface area (Å²) in [7, 11) is 0. The molecule has 0 radical (unpaired) electrons. The van der Waals surface area contributed by atoms with Gasteiger partial charge in [0, 0.05) is 6.20 Å². The first-order valence-corrected chi connectivity index (χ1v) is 3.06. The van der Waals surface area contributed by atoms with Gasteiger partial charge in [0.15, 0.2) is 5.69 Å². The van der Waals surface area contributed by atoms with Crippen molar-refractivity contribution in [2.75, 3.05) is 0 Å². The van der Waals surface area contributed by atoms with Crippen molar-refractivity contribution in [3.05, 3.63) is 17.5 Å². The minimum atomic E-state index is 0.0519. The first kappa shape index (κ1) is 7.78. The predicted molar refractivity (Wildman–Crippen MR) is 37.3 cm³/mol. The Morgan fingerprint density at radius 2 is 2.08 bits per heavy atom. The second kappa shape index (κ2) is 3.18. The Hall–Kier alpha value is -2.32. The maximum atomic E-state index is 8.49. The molecular formula is C7H3N5. The van der Waals surface area contributed by atoms with Gasteiger partial charge >= 0.3 is 0 Å². The minimum absolute atomic E-state index is 0.0519. The molecule has 1 aromatic heterocycles. The third-order valence-electron chi connectivity index (χ3n) is 1.22. The van der Waals surface area contributed by atoms with E-state index in [1.807, 2.05) is 12.1 Å². The fourth-order valence-electron chi connectivity index (χ4n) is 0.739. The van der Waals surface area contributed by atoms with Crippen LogP contribution in [0.25, 0.3) is 0 Å². The molecule has 0 fully saturated rings. The Balaban J connectivity index is 3.12. The summed E-state index contributed by atoms with van der Waals surface area (Å²) in [5.41, 5.74) is 0.264. The van der Waals surface area contributed by atoms with E-state index in [2.05, 4.69) is 5.10 Å². The SMILES string of the molecule is N#CCn1cc(C#N)c(C#N)n1. The minimum Gasteiger partial charge on any atom is -0.256 e. The molecule has 1 heterocycles. The fourth-order valence-corrected chi connectivity index (χ4v) is 0.739. The second-order valence-corrected chi connectivity index (χ2v) is 1.97. The summed E-state index contributed by atoms with van der Waals surface area (Å²) in [6.07, 6.45) is 1.38. The van der Waals surface area contributed by atoms with Crippen molar-refractivity contribution in [2.45, 2.75) is 6.54 Å². The predicted octanol–water partition coefficient (Wildman–Crippen LogP) is 0.150. The number of nitriles is 3. The Morgan fingerprint density at radius 1 is 1.33 bits per heavy atom. The Labute approximate surface area is 68.7 Å². The molecule has 0 N–H and O–H groups in total. The van der Waals surface area contributed by atoms with Gasteiger partial charge in [-0.1, -0.05) is 0 Å². The molecule has 1 aromatic rings. The van der Waals surface area contributed by atoms with Gasteiger partial charge in [-0.2, -0.15) is 20.9 Å². The van der Waals surface area contributed by atoms with E-state index in [9.17, 15) is 0 Å².